The van der Waals surface area contributed by atoms with Gasteiger partial charge in [-0.3, -0.25) is 9.59 Å². The lowest BCUT2D eigenvalue weighted by Gasteiger charge is -2.35. The van der Waals surface area contributed by atoms with E-state index < -0.39 is 42.5 Å². The molecule has 0 spiro atoms. The Morgan fingerprint density at radius 1 is 0.796 bits per heavy atom. The summed E-state index contributed by atoms with van der Waals surface area (Å²) >= 11 is 12.5. The van der Waals surface area contributed by atoms with E-state index in [1.54, 1.807) is 13.8 Å². The molecule has 0 saturated heterocycles. The number of benzene rings is 2. The molecule has 8 nitrogen and oxygen atoms in total. The molecule has 0 fully saturated rings. The molecule has 13 heteroatoms. The first-order chi connectivity index (χ1) is 22.8. The average molecular weight is 867 g/mol. The van der Waals surface area contributed by atoms with E-state index in [2.05, 4.69) is 75.9 Å². The first-order valence-corrected chi connectivity index (χ1v) is 24.7. The summed E-state index contributed by atoms with van der Waals surface area (Å²) < 4.78 is 24.9. The van der Waals surface area contributed by atoms with Crippen LogP contribution in [0.2, 0.25) is 38.3 Å². The minimum atomic E-state index is -2.00. The Kier molecular flexibility index (Phi) is 23.0. The molecule has 4 atom stereocenters. The van der Waals surface area contributed by atoms with E-state index >= 15 is 0 Å². The van der Waals surface area contributed by atoms with Gasteiger partial charge in [0.1, 0.15) is 14.8 Å². The quantitative estimate of drug-likeness (QED) is 0.0522. The summed E-state index contributed by atoms with van der Waals surface area (Å²) in [6, 6.07) is 21.3. The van der Waals surface area contributed by atoms with E-state index in [-0.39, 0.29) is 12.6 Å². The number of carbonyl (C=O) groups excluding carboxylic acids is 2. The van der Waals surface area contributed by atoms with Crippen LogP contribution in [0, 0.1) is 0 Å². The average Bonchev–Trinajstić information content (AvgIpc) is 3.04. The first-order valence-electron chi connectivity index (χ1n) is 15.8. The second-order valence-corrected chi connectivity index (χ2v) is 27.1. The molecule has 0 saturated carbocycles. The number of halogens is 3. The molecule has 0 aliphatic heterocycles. The molecule has 2 rings (SSSR count). The number of ether oxygens (including phenoxy) is 4. The van der Waals surface area contributed by atoms with Gasteiger partial charge in [-0.1, -0.05) is 118 Å². The molecule has 0 aliphatic rings. The molecular formula is C36H55Br2ClO8Si2. The number of alkyl halides is 2. The minimum absolute atomic E-state index is 0.0474. The third-order valence-corrected chi connectivity index (χ3v) is 12.5. The van der Waals surface area contributed by atoms with Crippen molar-refractivity contribution < 1.29 is 38.1 Å². The van der Waals surface area contributed by atoms with Crippen molar-refractivity contribution in [1.82, 2.24) is 0 Å². The highest BCUT2D eigenvalue weighted by Crippen LogP contribution is 2.30. The number of aliphatic hydroxyl groups excluding tert-OH is 1. The van der Waals surface area contributed by atoms with Crippen LogP contribution in [0.15, 0.2) is 86.0 Å². The SMILES string of the molecule is C=CC[Si](C)(C)Cl.C=CC[Si](C)(C)O[C@H](COCc1ccccc1)C(C)(Br)C(=O)OC.COC(=O)C(C)(Br)[C@H](O)COCc1ccccc1. The summed E-state index contributed by atoms with van der Waals surface area (Å²) in [5.74, 6) is -0.905. The zero-order valence-corrected chi connectivity index (χ0v) is 36.1. The molecule has 2 unspecified atom stereocenters. The van der Waals surface area contributed by atoms with Crippen LogP contribution >= 0.6 is 42.9 Å². The number of methoxy groups -OCH3 is 2. The second-order valence-electron chi connectivity index (χ2n) is 12.7. The molecule has 0 aliphatic carbocycles. The van der Waals surface area contributed by atoms with E-state index in [1.165, 1.54) is 14.2 Å². The summed E-state index contributed by atoms with van der Waals surface area (Å²) in [7, 11) is -0.655. The summed E-state index contributed by atoms with van der Waals surface area (Å²) in [6.07, 6.45) is 2.32. The van der Waals surface area contributed by atoms with Crippen LogP contribution in [0.1, 0.15) is 25.0 Å². The van der Waals surface area contributed by atoms with Crippen molar-refractivity contribution >= 4 is 70.6 Å². The van der Waals surface area contributed by atoms with Gasteiger partial charge >= 0.3 is 11.9 Å². The maximum absolute atomic E-state index is 12.1. The minimum Gasteiger partial charge on any atom is -0.468 e. The highest BCUT2D eigenvalue weighted by Gasteiger charge is 2.44. The molecule has 0 bridgehead atoms. The van der Waals surface area contributed by atoms with Gasteiger partial charge < -0.3 is 28.5 Å². The molecule has 0 heterocycles. The van der Waals surface area contributed by atoms with Crippen LogP contribution in [0.3, 0.4) is 0 Å². The number of aliphatic hydroxyl groups is 1. The Hall–Kier alpha value is -1.62. The third-order valence-electron chi connectivity index (χ3n) is 6.89. The van der Waals surface area contributed by atoms with E-state index in [1.807, 2.05) is 72.8 Å². The second kappa shape index (κ2) is 23.8. The van der Waals surface area contributed by atoms with E-state index in [4.69, 9.17) is 29.7 Å². The lowest BCUT2D eigenvalue weighted by atomic mass is 10.1. The lowest BCUT2D eigenvalue weighted by Crippen LogP contribution is -2.51. The third kappa shape index (κ3) is 20.1. The standard InChI is InChI=1S/C18H27BrO4Si.C13H17BrO4.C5H11ClSi/c1-6-12-24(4,5)23-16(18(2,19)17(20)21-3)14-22-13-15-10-8-7-9-11-15;1-13(14,12(16)17-2)11(15)9-18-8-10-6-4-3-5-7-10;1-4-5-7(2,3)6/h6-11,16H,1,12-14H2,2-5H3;3-7,11,15H,8-9H2,1-2H3;4H,1,5H2,2-3H3/t16-,18?;11-,13?;/m11./s1. The molecule has 0 amide bonds. The van der Waals surface area contributed by atoms with Gasteiger partial charge in [-0.2, -0.15) is 11.1 Å². The monoisotopic (exact) mass is 864 g/mol. The first kappa shape index (κ1) is 47.4. The fourth-order valence-electron chi connectivity index (χ4n) is 3.97. The van der Waals surface area contributed by atoms with Gasteiger partial charge in [0.25, 0.3) is 0 Å². The van der Waals surface area contributed by atoms with Gasteiger partial charge in [0.05, 0.1) is 46.8 Å². The number of hydrogen-bond donors (Lipinski definition) is 1. The molecule has 0 radical (unpaired) electrons. The molecule has 276 valence electrons. The molecular weight excluding hydrogens is 812 g/mol. The highest BCUT2D eigenvalue weighted by atomic mass is 79.9. The molecule has 0 aromatic heterocycles. The van der Waals surface area contributed by atoms with Crippen molar-refractivity contribution in [3.05, 3.63) is 97.1 Å². The van der Waals surface area contributed by atoms with E-state index in [0.717, 1.165) is 23.2 Å². The van der Waals surface area contributed by atoms with Gasteiger partial charge in [0.15, 0.2) is 15.7 Å². The number of carbonyl (C=O) groups is 2. The van der Waals surface area contributed by atoms with Crippen LogP contribution < -0.4 is 0 Å². The molecule has 2 aromatic rings. The Bertz CT molecular complexity index is 1240. The molecule has 1 N–H and O–H groups in total. The molecule has 49 heavy (non-hydrogen) atoms. The van der Waals surface area contributed by atoms with Crippen molar-refractivity contribution in [3.63, 3.8) is 0 Å². The van der Waals surface area contributed by atoms with E-state index in [9.17, 15) is 14.7 Å². The summed E-state index contributed by atoms with van der Waals surface area (Å²) in [5.41, 5.74) is 2.09. The zero-order chi connectivity index (χ0) is 37.7. The van der Waals surface area contributed by atoms with Crippen LogP contribution in [0.4, 0.5) is 0 Å². The van der Waals surface area contributed by atoms with Crippen molar-refractivity contribution in [2.24, 2.45) is 0 Å². The van der Waals surface area contributed by atoms with Crippen LogP contribution in [0.25, 0.3) is 0 Å². The predicted molar refractivity (Wildman–Crippen MR) is 213 cm³/mol. The smallest absolute Gasteiger partial charge is 0.325 e. The van der Waals surface area contributed by atoms with Crippen molar-refractivity contribution in [1.29, 1.82) is 0 Å². The number of rotatable bonds is 18. The number of esters is 2. The van der Waals surface area contributed by atoms with Gasteiger partial charge in [-0.05, 0) is 50.2 Å². The van der Waals surface area contributed by atoms with Crippen molar-refractivity contribution in [2.45, 2.75) is 86.2 Å². The summed E-state index contributed by atoms with van der Waals surface area (Å²) in [5, 5.41) is 9.88. The van der Waals surface area contributed by atoms with Crippen LogP contribution in [0.5, 0.6) is 0 Å². The van der Waals surface area contributed by atoms with Crippen molar-refractivity contribution in [2.75, 3.05) is 27.4 Å². The van der Waals surface area contributed by atoms with Gasteiger partial charge in [-0.25, -0.2) is 0 Å². The zero-order valence-electron chi connectivity index (χ0n) is 30.2. The Labute approximate surface area is 317 Å². The number of allylic oxidation sites excluding steroid dienone is 2. The number of hydrogen-bond acceptors (Lipinski definition) is 8. The maximum Gasteiger partial charge on any atom is 0.325 e. The summed E-state index contributed by atoms with van der Waals surface area (Å²) in [6.45, 7) is 20.3. The van der Waals surface area contributed by atoms with Crippen molar-refractivity contribution in [3.8, 4) is 0 Å². The fraction of sp³-hybridized carbons (Fsp3) is 0.500. The fourth-order valence-corrected chi connectivity index (χ4v) is 7.70. The van der Waals surface area contributed by atoms with Crippen LogP contribution in [-0.2, 0) is 46.2 Å². The Balaban J connectivity index is 0.000000808. The van der Waals surface area contributed by atoms with Crippen LogP contribution in [-0.4, -0.2) is 81.0 Å². The largest absolute Gasteiger partial charge is 0.468 e. The maximum atomic E-state index is 12.1. The van der Waals surface area contributed by atoms with Gasteiger partial charge in [0, 0.05) is 0 Å². The normalized spacial score (nSPS) is 14.9. The van der Waals surface area contributed by atoms with Gasteiger partial charge in [-0.15, -0.1) is 13.2 Å². The summed E-state index contributed by atoms with van der Waals surface area (Å²) in [4.78, 5) is 23.6. The van der Waals surface area contributed by atoms with Gasteiger partial charge in [0.2, 0.25) is 0 Å². The highest BCUT2D eigenvalue weighted by molar-refractivity contribution is 9.10. The lowest BCUT2D eigenvalue weighted by molar-refractivity contribution is -0.147. The Morgan fingerprint density at radius 2 is 1.20 bits per heavy atom. The predicted octanol–water partition coefficient (Wildman–Crippen LogP) is 8.81. The Morgan fingerprint density at radius 3 is 1.57 bits per heavy atom. The topological polar surface area (TPSA) is 101 Å². The molecule has 2 aromatic carbocycles. The van der Waals surface area contributed by atoms with E-state index in [0.29, 0.717) is 19.8 Å².